The second-order valence-electron chi connectivity index (χ2n) is 4.54. The monoisotopic (exact) mass is 327 g/mol. The number of halogens is 1. The van der Waals surface area contributed by atoms with Gasteiger partial charge in [-0.15, -0.1) is 0 Å². The summed E-state index contributed by atoms with van der Waals surface area (Å²) in [6.07, 6.45) is 0. The minimum Gasteiger partial charge on any atom is -0.378 e. The van der Waals surface area contributed by atoms with Gasteiger partial charge in [-0.3, -0.25) is 9.69 Å². The van der Waals surface area contributed by atoms with Crippen molar-refractivity contribution in [2.75, 3.05) is 26.3 Å². The van der Waals surface area contributed by atoms with Crippen LogP contribution in [0.4, 0.5) is 0 Å². The summed E-state index contributed by atoms with van der Waals surface area (Å²) in [5.41, 5.74) is 12.4. The highest BCUT2D eigenvalue weighted by atomic mass is 79.9. The average Bonchev–Trinajstić information content (AvgIpc) is 2.40. The number of nitrogens with zero attached hydrogens (tertiary/aromatic N) is 1. The van der Waals surface area contributed by atoms with E-state index < -0.39 is 6.04 Å². The number of amides is 1. The lowest BCUT2D eigenvalue weighted by Gasteiger charge is -2.39. The number of primary amides is 1. The fourth-order valence-electron chi connectivity index (χ4n) is 2.41. The summed E-state index contributed by atoms with van der Waals surface area (Å²) in [6, 6.07) is 7.50. The molecule has 19 heavy (non-hydrogen) atoms. The lowest BCUT2D eigenvalue weighted by molar-refractivity contribution is -0.131. The molecule has 5 nitrogen and oxygen atoms in total. The maximum Gasteiger partial charge on any atom is 0.237 e. The molecule has 1 aromatic rings. The van der Waals surface area contributed by atoms with Crippen LogP contribution in [0.2, 0.25) is 0 Å². The SMILES string of the molecule is NCC(c1cccc(Br)c1)N1CCOCC1C(N)=O. The van der Waals surface area contributed by atoms with Crippen molar-refractivity contribution >= 4 is 21.8 Å². The molecule has 2 atom stereocenters. The van der Waals surface area contributed by atoms with Crippen LogP contribution in [0.15, 0.2) is 28.7 Å². The molecule has 0 saturated carbocycles. The maximum absolute atomic E-state index is 11.5. The van der Waals surface area contributed by atoms with E-state index in [1.54, 1.807) is 0 Å². The van der Waals surface area contributed by atoms with Crippen LogP contribution in [-0.2, 0) is 9.53 Å². The van der Waals surface area contributed by atoms with Gasteiger partial charge in [-0.1, -0.05) is 28.1 Å². The van der Waals surface area contributed by atoms with Gasteiger partial charge in [0.15, 0.2) is 0 Å². The van der Waals surface area contributed by atoms with Crippen LogP contribution >= 0.6 is 15.9 Å². The van der Waals surface area contributed by atoms with Crippen molar-refractivity contribution in [3.8, 4) is 0 Å². The van der Waals surface area contributed by atoms with Crippen molar-refractivity contribution in [1.82, 2.24) is 4.90 Å². The number of carbonyl (C=O) groups is 1. The molecule has 0 aromatic heterocycles. The second-order valence-corrected chi connectivity index (χ2v) is 5.45. The number of hydrogen-bond donors (Lipinski definition) is 2. The van der Waals surface area contributed by atoms with Gasteiger partial charge in [0.25, 0.3) is 0 Å². The van der Waals surface area contributed by atoms with Gasteiger partial charge in [0.1, 0.15) is 6.04 Å². The molecule has 1 heterocycles. The lowest BCUT2D eigenvalue weighted by atomic mass is 10.0. The van der Waals surface area contributed by atoms with E-state index >= 15 is 0 Å². The van der Waals surface area contributed by atoms with E-state index in [-0.39, 0.29) is 11.9 Å². The third-order valence-electron chi connectivity index (χ3n) is 3.36. The molecule has 1 aliphatic heterocycles. The van der Waals surface area contributed by atoms with Crippen LogP contribution in [0.25, 0.3) is 0 Å². The number of hydrogen-bond acceptors (Lipinski definition) is 4. The lowest BCUT2D eigenvalue weighted by Crippen LogP contribution is -2.54. The van der Waals surface area contributed by atoms with E-state index in [4.69, 9.17) is 16.2 Å². The van der Waals surface area contributed by atoms with E-state index in [2.05, 4.69) is 15.9 Å². The second kappa shape index (κ2) is 6.47. The summed E-state index contributed by atoms with van der Waals surface area (Å²) in [4.78, 5) is 13.6. The molecule has 0 radical (unpaired) electrons. The fraction of sp³-hybridized carbons (Fsp3) is 0.462. The van der Waals surface area contributed by atoms with Crippen LogP contribution in [0.1, 0.15) is 11.6 Å². The van der Waals surface area contributed by atoms with Crippen molar-refractivity contribution in [3.63, 3.8) is 0 Å². The molecule has 104 valence electrons. The standard InChI is InChI=1S/C13H18BrN3O2/c14-10-3-1-2-9(6-10)11(7-15)17-4-5-19-8-12(17)13(16)18/h1-3,6,11-12H,4-5,7-8,15H2,(H2,16,18). The van der Waals surface area contributed by atoms with E-state index in [1.807, 2.05) is 29.2 Å². The topological polar surface area (TPSA) is 81.6 Å². The highest BCUT2D eigenvalue weighted by Crippen LogP contribution is 2.26. The highest BCUT2D eigenvalue weighted by Gasteiger charge is 2.33. The summed E-state index contributed by atoms with van der Waals surface area (Å²) >= 11 is 3.45. The zero-order chi connectivity index (χ0) is 13.8. The first kappa shape index (κ1) is 14.5. The largest absolute Gasteiger partial charge is 0.378 e. The summed E-state index contributed by atoms with van der Waals surface area (Å²) in [7, 11) is 0. The maximum atomic E-state index is 11.5. The zero-order valence-electron chi connectivity index (χ0n) is 10.6. The Morgan fingerprint density at radius 2 is 2.37 bits per heavy atom. The number of rotatable bonds is 4. The molecule has 1 saturated heterocycles. The summed E-state index contributed by atoms with van der Waals surface area (Å²) in [5.74, 6) is -0.367. The van der Waals surface area contributed by atoms with Crippen molar-refractivity contribution in [2.45, 2.75) is 12.1 Å². The van der Waals surface area contributed by atoms with Gasteiger partial charge >= 0.3 is 0 Å². The Morgan fingerprint density at radius 3 is 3.00 bits per heavy atom. The third kappa shape index (κ3) is 3.33. The van der Waals surface area contributed by atoms with Crippen LogP contribution < -0.4 is 11.5 Å². The number of morpholine rings is 1. The van der Waals surface area contributed by atoms with Crippen molar-refractivity contribution in [1.29, 1.82) is 0 Å². The molecule has 1 aromatic carbocycles. The Morgan fingerprint density at radius 1 is 1.58 bits per heavy atom. The Hall–Kier alpha value is -0.950. The first-order chi connectivity index (χ1) is 9.13. The highest BCUT2D eigenvalue weighted by molar-refractivity contribution is 9.10. The van der Waals surface area contributed by atoms with Crippen LogP contribution in [0, 0.1) is 0 Å². The van der Waals surface area contributed by atoms with Crippen LogP contribution in [0.3, 0.4) is 0 Å². The van der Waals surface area contributed by atoms with Gasteiger partial charge in [0.2, 0.25) is 5.91 Å². The molecule has 1 amide bonds. The van der Waals surface area contributed by atoms with Gasteiger partial charge < -0.3 is 16.2 Å². The molecule has 2 unspecified atom stereocenters. The average molecular weight is 328 g/mol. The molecular formula is C13H18BrN3O2. The smallest absolute Gasteiger partial charge is 0.237 e. The molecule has 0 spiro atoms. The molecule has 0 aliphatic carbocycles. The minimum atomic E-state index is -0.415. The number of ether oxygens (including phenoxy) is 1. The normalized spacial score (nSPS) is 22.1. The van der Waals surface area contributed by atoms with Crippen LogP contribution in [0.5, 0.6) is 0 Å². The number of benzene rings is 1. The van der Waals surface area contributed by atoms with E-state index in [0.29, 0.717) is 26.3 Å². The van der Waals surface area contributed by atoms with Gasteiger partial charge in [-0.2, -0.15) is 0 Å². The molecule has 4 N–H and O–H groups in total. The van der Waals surface area contributed by atoms with Gasteiger partial charge in [-0.05, 0) is 17.7 Å². The van der Waals surface area contributed by atoms with Gasteiger partial charge in [0.05, 0.1) is 13.2 Å². The molecule has 0 bridgehead atoms. The fourth-order valence-corrected chi connectivity index (χ4v) is 2.83. The number of carbonyl (C=O) groups excluding carboxylic acids is 1. The van der Waals surface area contributed by atoms with Crippen LogP contribution in [-0.4, -0.2) is 43.2 Å². The molecule has 1 aliphatic rings. The number of nitrogens with two attached hydrogens (primary N) is 2. The first-order valence-electron chi connectivity index (χ1n) is 6.22. The predicted octanol–water partition coefficient (Wildman–Crippen LogP) is 0.635. The summed E-state index contributed by atoms with van der Waals surface area (Å²) in [5, 5.41) is 0. The Labute approximate surface area is 121 Å². The van der Waals surface area contributed by atoms with Crippen molar-refractivity contribution in [3.05, 3.63) is 34.3 Å². The van der Waals surface area contributed by atoms with Crippen molar-refractivity contribution < 1.29 is 9.53 Å². The predicted molar refractivity (Wildman–Crippen MR) is 76.4 cm³/mol. The van der Waals surface area contributed by atoms with E-state index in [1.165, 1.54) is 0 Å². The summed E-state index contributed by atoms with van der Waals surface area (Å²) < 4.78 is 6.33. The third-order valence-corrected chi connectivity index (χ3v) is 3.85. The van der Waals surface area contributed by atoms with Gasteiger partial charge in [-0.25, -0.2) is 0 Å². The first-order valence-corrected chi connectivity index (χ1v) is 7.01. The Kier molecular flexibility index (Phi) is 4.93. The minimum absolute atomic E-state index is 0.0288. The van der Waals surface area contributed by atoms with E-state index in [9.17, 15) is 4.79 Å². The Bertz CT molecular complexity index is 455. The zero-order valence-corrected chi connectivity index (χ0v) is 12.2. The molecule has 1 fully saturated rings. The summed E-state index contributed by atoms with van der Waals surface area (Å²) in [6.45, 7) is 2.01. The van der Waals surface area contributed by atoms with Gasteiger partial charge in [0, 0.05) is 23.6 Å². The van der Waals surface area contributed by atoms with E-state index in [0.717, 1.165) is 10.0 Å². The van der Waals surface area contributed by atoms with Crippen molar-refractivity contribution in [2.24, 2.45) is 11.5 Å². The molecule has 6 heteroatoms. The molecular weight excluding hydrogens is 310 g/mol. The Balaban J connectivity index is 2.26. The quantitative estimate of drug-likeness (QED) is 0.850. The molecule has 2 rings (SSSR count).